The van der Waals surface area contributed by atoms with Crippen molar-refractivity contribution in [1.29, 1.82) is 5.26 Å². The molecule has 1 rings (SSSR count). The first-order chi connectivity index (χ1) is 6.66. The molecule has 0 radical (unpaired) electrons. The number of nitriles is 1. The first-order valence-corrected chi connectivity index (χ1v) is 5.21. The Balaban J connectivity index is 2.86. The smallest absolute Gasteiger partial charge is 0.231 e. The van der Waals surface area contributed by atoms with Gasteiger partial charge in [-0.1, -0.05) is 26.2 Å². The second-order valence-corrected chi connectivity index (χ2v) is 4.04. The minimum Gasteiger partial charge on any atom is -0.264 e. The van der Waals surface area contributed by atoms with Crippen molar-refractivity contribution < 1.29 is 4.92 Å². The highest BCUT2D eigenvalue weighted by atomic mass is 16.6. The molecule has 0 bridgehead atoms. The van der Waals surface area contributed by atoms with Crippen LogP contribution in [0.15, 0.2) is 0 Å². The molecule has 1 atom stereocenters. The minimum absolute atomic E-state index is 0.269. The number of hydrogen-bond acceptors (Lipinski definition) is 3. The van der Waals surface area contributed by atoms with Crippen LogP contribution in [0, 0.1) is 26.9 Å². The van der Waals surface area contributed by atoms with Crippen molar-refractivity contribution in [2.24, 2.45) is 5.41 Å². The maximum absolute atomic E-state index is 10.8. The average molecular weight is 196 g/mol. The van der Waals surface area contributed by atoms with Crippen molar-refractivity contribution in [2.45, 2.75) is 51.5 Å². The highest BCUT2D eigenvalue weighted by molar-refractivity contribution is 5.04. The minimum atomic E-state index is -0.684. The Hall–Kier alpha value is -1.11. The lowest BCUT2D eigenvalue weighted by atomic mass is 9.69. The van der Waals surface area contributed by atoms with Gasteiger partial charge in [-0.3, -0.25) is 10.1 Å². The van der Waals surface area contributed by atoms with E-state index in [9.17, 15) is 10.1 Å². The van der Waals surface area contributed by atoms with Crippen LogP contribution >= 0.6 is 0 Å². The number of hydrogen-bond donors (Lipinski definition) is 0. The van der Waals surface area contributed by atoms with Gasteiger partial charge in [0, 0.05) is 11.3 Å². The highest BCUT2D eigenvalue weighted by Crippen LogP contribution is 2.40. The first kappa shape index (κ1) is 11.0. The van der Waals surface area contributed by atoms with Gasteiger partial charge in [0.2, 0.25) is 6.04 Å². The Morgan fingerprint density at radius 1 is 1.50 bits per heavy atom. The lowest BCUT2D eigenvalue weighted by Gasteiger charge is -2.32. The fourth-order valence-corrected chi connectivity index (χ4v) is 2.44. The van der Waals surface area contributed by atoms with Crippen LogP contribution in [0.5, 0.6) is 0 Å². The summed E-state index contributed by atoms with van der Waals surface area (Å²) >= 11 is 0. The Morgan fingerprint density at radius 3 is 2.43 bits per heavy atom. The molecule has 14 heavy (non-hydrogen) atoms. The summed E-state index contributed by atoms with van der Waals surface area (Å²) < 4.78 is 0. The molecule has 0 aromatic rings. The van der Waals surface area contributed by atoms with Gasteiger partial charge in [-0.05, 0) is 12.8 Å². The van der Waals surface area contributed by atoms with Gasteiger partial charge < -0.3 is 0 Å². The molecule has 1 saturated carbocycles. The summed E-state index contributed by atoms with van der Waals surface area (Å²) in [5.74, 6) is 0. The quantitative estimate of drug-likeness (QED) is 0.514. The predicted molar refractivity (Wildman–Crippen MR) is 52.2 cm³/mol. The molecule has 1 fully saturated rings. The Morgan fingerprint density at radius 2 is 2.07 bits per heavy atom. The topological polar surface area (TPSA) is 66.9 Å². The lowest BCUT2D eigenvalue weighted by molar-refractivity contribution is -0.540. The zero-order valence-corrected chi connectivity index (χ0v) is 8.53. The van der Waals surface area contributed by atoms with Gasteiger partial charge in [0.25, 0.3) is 0 Å². The second kappa shape index (κ2) is 4.41. The SMILES string of the molecule is CCC([N+](=O)[O-])C1(C#N)CCCCC1. The van der Waals surface area contributed by atoms with Gasteiger partial charge in [-0.25, -0.2) is 0 Å². The van der Waals surface area contributed by atoms with E-state index in [2.05, 4.69) is 6.07 Å². The zero-order valence-electron chi connectivity index (χ0n) is 8.53. The van der Waals surface area contributed by atoms with Gasteiger partial charge in [0.05, 0.1) is 6.07 Å². The molecule has 0 aliphatic heterocycles. The normalized spacial score (nSPS) is 22.3. The van der Waals surface area contributed by atoms with Crippen molar-refractivity contribution in [2.75, 3.05) is 0 Å². The van der Waals surface area contributed by atoms with Crippen molar-refractivity contribution in [3.05, 3.63) is 10.1 Å². The maximum Gasteiger partial charge on any atom is 0.231 e. The molecule has 0 aromatic carbocycles. The number of rotatable bonds is 3. The van der Waals surface area contributed by atoms with Crippen LogP contribution < -0.4 is 0 Å². The monoisotopic (exact) mass is 196 g/mol. The lowest BCUT2D eigenvalue weighted by Crippen LogP contribution is -2.40. The fraction of sp³-hybridized carbons (Fsp3) is 0.900. The van der Waals surface area contributed by atoms with Crippen LogP contribution in [0.2, 0.25) is 0 Å². The van der Waals surface area contributed by atoms with Crippen molar-refractivity contribution >= 4 is 0 Å². The standard InChI is InChI=1S/C10H16N2O2/c1-2-9(12(13)14)10(8-11)6-4-3-5-7-10/h9H,2-7H2,1H3. The van der Waals surface area contributed by atoms with Crippen LogP contribution in [0.25, 0.3) is 0 Å². The van der Waals surface area contributed by atoms with Gasteiger partial charge >= 0.3 is 0 Å². The molecule has 0 spiro atoms. The predicted octanol–water partition coefficient (Wildman–Crippen LogP) is 2.52. The van der Waals surface area contributed by atoms with Gasteiger partial charge in [0.15, 0.2) is 0 Å². The maximum atomic E-state index is 10.8. The van der Waals surface area contributed by atoms with Crippen LogP contribution in [0.3, 0.4) is 0 Å². The van der Waals surface area contributed by atoms with Gasteiger partial charge in [-0.15, -0.1) is 0 Å². The van der Waals surface area contributed by atoms with Crippen molar-refractivity contribution in [3.63, 3.8) is 0 Å². The summed E-state index contributed by atoms with van der Waals surface area (Å²) in [5, 5.41) is 20.0. The van der Waals surface area contributed by atoms with E-state index >= 15 is 0 Å². The molecule has 4 nitrogen and oxygen atoms in total. The van der Waals surface area contributed by atoms with Crippen molar-refractivity contribution in [3.8, 4) is 6.07 Å². The third-order valence-electron chi connectivity index (χ3n) is 3.25. The highest BCUT2D eigenvalue weighted by Gasteiger charge is 2.46. The van der Waals surface area contributed by atoms with E-state index in [-0.39, 0.29) is 4.92 Å². The third-order valence-corrected chi connectivity index (χ3v) is 3.25. The van der Waals surface area contributed by atoms with E-state index < -0.39 is 11.5 Å². The average Bonchev–Trinajstić information content (AvgIpc) is 2.19. The molecule has 0 saturated heterocycles. The van der Waals surface area contributed by atoms with E-state index in [1.54, 1.807) is 6.92 Å². The molecular formula is C10H16N2O2. The van der Waals surface area contributed by atoms with Gasteiger partial charge in [-0.2, -0.15) is 5.26 Å². The molecule has 1 aliphatic rings. The Kier molecular flexibility index (Phi) is 3.45. The summed E-state index contributed by atoms with van der Waals surface area (Å²) in [6, 6.07) is 1.53. The number of nitrogens with zero attached hydrogens (tertiary/aromatic N) is 2. The van der Waals surface area contributed by atoms with E-state index in [0.29, 0.717) is 19.3 Å². The van der Waals surface area contributed by atoms with Crippen LogP contribution in [-0.2, 0) is 0 Å². The van der Waals surface area contributed by atoms with E-state index in [1.807, 2.05) is 0 Å². The van der Waals surface area contributed by atoms with Crippen molar-refractivity contribution in [1.82, 2.24) is 0 Å². The zero-order chi connectivity index (χ0) is 10.6. The van der Waals surface area contributed by atoms with E-state index in [4.69, 9.17) is 5.26 Å². The fourth-order valence-electron chi connectivity index (χ4n) is 2.44. The van der Waals surface area contributed by atoms with Crippen LogP contribution in [0.4, 0.5) is 0 Å². The molecule has 0 amide bonds. The van der Waals surface area contributed by atoms with Crippen LogP contribution in [0.1, 0.15) is 45.4 Å². The molecule has 1 unspecified atom stereocenters. The summed E-state index contributed by atoms with van der Waals surface area (Å²) in [5.41, 5.74) is -0.684. The largest absolute Gasteiger partial charge is 0.264 e. The molecule has 78 valence electrons. The van der Waals surface area contributed by atoms with Gasteiger partial charge in [0.1, 0.15) is 5.41 Å². The Bertz CT molecular complexity index is 251. The van der Waals surface area contributed by atoms with E-state index in [0.717, 1.165) is 19.3 Å². The summed E-state index contributed by atoms with van der Waals surface area (Å²) in [7, 11) is 0. The Labute approximate surface area is 84.1 Å². The number of nitro groups is 1. The summed E-state index contributed by atoms with van der Waals surface area (Å²) in [4.78, 5) is 10.6. The molecule has 1 aliphatic carbocycles. The van der Waals surface area contributed by atoms with E-state index in [1.165, 1.54) is 0 Å². The van der Waals surface area contributed by atoms with Crippen LogP contribution in [-0.4, -0.2) is 11.0 Å². The first-order valence-electron chi connectivity index (χ1n) is 5.21. The second-order valence-electron chi connectivity index (χ2n) is 4.04. The molecule has 0 N–H and O–H groups in total. The third kappa shape index (κ3) is 1.87. The summed E-state index contributed by atoms with van der Waals surface area (Å²) in [6.45, 7) is 1.79. The molecule has 4 heteroatoms. The summed E-state index contributed by atoms with van der Waals surface area (Å²) in [6.07, 6.45) is 4.87. The molecule has 0 aromatic heterocycles. The molecular weight excluding hydrogens is 180 g/mol. The molecule has 0 heterocycles.